The van der Waals surface area contributed by atoms with Crippen LogP contribution in [0.1, 0.15) is 23.2 Å². The lowest BCUT2D eigenvalue weighted by molar-refractivity contribution is -0.119. The second-order valence-electron chi connectivity index (χ2n) is 6.39. The summed E-state index contributed by atoms with van der Waals surface area (Å²) in [6, 6.07) is 9.64. The zero-order valence-corrected chi connectivity index (χ0v) is 17.6. The molecule has 0 bridgehead atoms. The maximum absolute atomic E-state index is 13.7. The van der Waals surface area contributed by atoms with Crippen molar-refractivity contribution in [2.24, 2.45) is 0 Å². The van der Waals surface area contributed by atoms with Crippen molar-refractivity contribution in [3.05, 3.63) is 58.3 Å². The molecule has 0 aromatic heterocycles. The van der Waals surface area contributed by atoms with Crippen LogP contribution in [0.25, 0.3) is 0 Å². The summed E-state index contributed by atoms with van der Waals surface area (Å²) in [6.07, 6.45) is 1.64. The van der Waals surface area contributed by atoms with Gasteiger partial charge in [-0.1, -0.05) is 22.0 Å². The number of hydrogen-bond acceptors (Lipinski definition) is 5. The van der Waals surface area contributed by atoms with Gasteiger partial charge in [0, 0.05) is 23.2 Å². The fourth-order valence-corrected chi connectivity index (χ4v) is 4.80. The van der Waals surface area contributed by atoms with E-state index in [1.807, 2.05) is 0 Å². The number of nitrogens with one attached hydrogen (secondary N) is 1. The second-order valence-corrected chi connectivity index (χ2v) is 9.24. The van der Waals surface area contributed by atoms with Crippen molar-refractivity contribution in [3.8, 4) is 0 Å². The highest BCUT2D eigenvalue weighted by Gasteiger charge is 2.27. The molecule has 0 aliphatic carbocycles. The molecule has 29 heavy (non-hydrogen) atoms. The fraction of sp³-hybridized carbons (Fsp3) is 0.263. The standard InChI is InChI=1S/C19H18BrFN2O5S/c20-13-6-7-17(21)16(10-13)19(25)28-12-18(24)22-14-4-3-5-15(11-14)29(26,27)23-8-1-2-9-23/h3-7,10-11H,1-2,8-9,12H2,(H,22,24). The van der Waals surface area contributed by atoms with Gasteiger partial charge in [0.25, 0.3) is 5.91 Å². The molecule has 1 aliphatic rings. The van der Waals surface area contributed by atoms with Crippen LogP contribution >= 0.6 is 15.9 Å². The van der Waals surface area contributed by atoms with Gasteiger partial charge in [0.15, 0.2) is 6.61 Å². The van der Waals surface area contributed by atoms with E-state index in [9.17, 15) is 22.4 Å². The molecule has 1 heterocycles. The van der Waals surface area contributed by atoms with Crippen LogP contribution in [0.15, 0.2) is 51.8 Å². The molecule has 7 nitrogen and oxygen atoms in total. The molecule has 1 N–H and O–H groups in total. The molecule has 0 spiro atoms. The number of carbonyl (C=O) groups is 2. The number of carbonyl (C=O) groups excluding carboxylic acids is 2. The van der Waals surface area contributed by atoms with Crippen LogP contribution in [-0.4, -0.2) is 44.3 Å². The quantitative estimate of drug-likeness (QED) is 0.635. The van der Waals surface area contributed by atoms with Crippen LogP contribution in [0, 0.1) is 5.82 Å². The first-order chi connectivity index (χ1) is 13.8. The molecular formula is C19H18BrFN2O5S. The lowest BCUT2D eigenvalue weighted by Gasteiger charge is -2.16. The van der Waals surface area contributed by atoms with Crippen LogP contribution in [0.5, 0.6) is 0 Å². The van der Waals surface area contributed by atoms with E-state index >= 15 is 0 Å². The highest BCUT2D eigenvalue weighted by atomic mass is 79.9. The number of ether oxygens (including phenoxy) is 1. The minimum absolute atomic E-state index is 0.0744. The Kier molecular flexibility index (Phi) is 6.66. The summed E-state index contributed by atoms with van der Waals surface area (Å²) < 4.78 is 45.6. The molecule has 0 saturated carbocycles. The number of benzene rings is 2. The summed E-state index contributed by atoms with van der Waals surface area (Å²) in [5, 5.41) is 2.48. The van der Waals surface area contributed by atoms with Gasteiger partial charge in [0.2, 0.25) is 10.0 Å². The van der Waals surface area contributed by atoms with Crippen molar-refractivity contribution in [2.75, 3.05) is 25.0 Å². The maximum atomic E-state index is 13.7. The molecule has 3 rings (SSSR count). The first-order valence-electron chi connectivity index (χ1n) is 8.79. The highest BCUT2D eigenvalue weighted by molar-refractivity contribution is 9.10. The summed E-state index contributed by atoms with van der Waals surface area (Å²) in [5.74, 6) is -2.42. The summed E-state index contributed by atoms with van der Waals surface area (Å²) in [5.41, 5.74) is -0.0502. The van der Waals surface area contributed by atoms with Gasteiger partial charge in [-0.15, -0.1) is 0 Å². The molecule has 0 unspecified atom stereocenters. The van der Waals surface area contributed by atoms with E-state index in [1.54, 1.807) is 0 Å². The number of nitrogens with zero attached hydrogens (tertiary/aromatic N) is 1. The summed E-state index contributed by atoms with van der Waals surface area (Å²) >= 11 is 3.13. The smallest absolute Gasteiger partial charge is 0.341 e. The number of anilines is 1. The highest BCUT2D eigenvalue weighted by Crippen LogP contribution is 2.23. The molecule has 1 amide bonds. The SMILES string of the molecule is O=C(COC(=O)c1cc(Br)ccc1F)Nc1cccc(S(=O)(=O)N2CCCC2)c1. The molecule has 2 aromatic rings. The summed E-state index contributed by atoms with van der Waals surface area (Å²) in [7, 11) is -3.62. The van der Waals surface area contributed by atoms with Crippen molar-refractivity contribution in [3.63, 3.8) is 0 Å². The minimum Gasteiger partial charge on any atom is -0.452 e. The molecular weight excluding hydrogens is 467 g/mol. The van der Waals surface area contributed by atoms with Crippen LogP contribution in [0.3, 0.4) is 0 Å². The van der Waals surface area contributed by atoms with Crippen LogP contribution in [0.2, 0.25) is 0 Å². The van der Waals surface area contributed by atoms with E-state index in [0.717, 1.165) is 18.9 Å². The Morgan fingerprint density at radius 3 is 2.59 bits per heavy atom. The number of rotatable bonds is 6. The maximum Gasteiger partial charge on any atom is 0.341 e. The lowest BCUT2D eigenvalue weighted by Crippen LogP contribution is -2.28. The predicted octanol–water partition coefficient (Wildman–Crippen LogP) is 3.17. The van der Waals surface area contributed by atoms with Crippen molar-refractivity contribution < 1.29 is 27.1 Å². The molecule has 154 valence electrons. The fourth-order valence-electron chi connectivity index (χ4n) is 2.87. The number of sulfonamides is 1. The molecule has 10 heteroatoms. The minimum atomic E-state index is -3.62. The topological polar surface area (TPSA) is 92.8 Å². The average molecular weight is 485 g/mol. The third-order valence-corrected chi connectivity index (χ3v) is 6.69. The summed E-state index contributed by atoms with van der Waals surface area (Å²) in [4.78, 5) is 24.1. The van der Waals surface area contributed by atoms with Crippen LogP contribution in [0.4, 0.5) is 10.1 Å². The third-order valence-electron chi connectivity index (χ3n) is 4.30. The molecule has 0 radical (unpaired) electrons. The van der Waals surface area contributed by atoms with Gasteiger partial charge >= 0.3 is 5.97 Å². The van der Waals surface area contributed by atoms with Gasteiger partial charge in [-0.3, -0.25) is 4.79 Å². The predicted molar refractivity (Wildman–Crippen MR) is 107 cm³/mol. The largest absolute Gasteiger partial charge is 0.452 e. The Morgan fingerprint density at radius 2 is 1.86 bits per heavy atom. The number of hydrogen-bond donors (Lipinski definition) is 1. The Hall–Kier alpha value is -2.30. The van der Waals surface area contributed by atoms with Gasteiger partial charge in [-0.25, -0.2) is 17.6 Å². The van der Waals surface area contributed by atoms with Gasteiger partial charge in [-0.05, 0) is 49.2 Å². The summed E-state index contributed by atoms with van der Waals surface area (Å²) in [6.45, 7) is 0.302. The van der Waals surface area contributed by atoms with E-state index in [-0.39, 0.29) is 16.1 Å². The number of halogens is 2. The first kappa shape index (κ1) is 21.4. The normalized spacial score (nSPS) is 14.6. The zero-order chi connectivity index (χ0) is 21.0. The lowest BCUT2D eigenvalue weighted by atomic mass is 10.2. The molecule has 2 aromatic carbocycles. The molecule has 1 fully saturated rings. The Labute approximate surface area is 176 Å². The number of esters is 1. The van der Waals surface area contributed by atoms with Gasteiger partial charge in [0.05, 0.1) is 10.5 Å². The van der Waals surface area contributed by atoms with E-state index < -0.39 is 34.3 Å². The van der Waals surface area contributed by atoms with Crippen molar-refractivity contribution in [1.29, 1.82) is 0 Å². The zero-order valence-electron chi connectivity index (χ0n) is 15.2. The van der Waals surface area contributed by atoms with Gasteiger partial charge < -0.3 is 10.1 Å². The van der Waals surface area contributed by atoms with Crippen LogP contribution < -0.4 is 5.32 Å². The second kappa shape index (κ2) is 9.02. The Morgan fingerprint density at radius 1 is 1.14 bits per heavy atom. The van der Waals surface area contributed by atoms with Crippen molar-refractivity contribution in [2.45, 2.75) is 17.7 Å². The molecule has 1 aliphatic heterocycles. The molecule has 0 atom stereocenters. The van der Waals surface area contributed by atoms with Crippen molar-refractivity contribution >= 4 is 43.5 Å². The Balaban J connectivity index is 1.62. The van der Waals surface area contributed by atoms with E-state index in [1.165, 1.54) is 40.7 Å². The first-order valence-corrected chi connectivity index (χ1v) is 11.0. The van der Waals surface area contributed by atoms with E-state index in [0.29, 0.717) is 17.6 Å². The van der Waals surface area contributed by atoms with Gasteiger partial charge in [-0.2, -0.15) is 4.31 Å². The monoisotopic (exact) mass is 484 g/mol. The third kappa shape index (κ3) is 5.20. The van der Waals surface area contributed by atoms with Crippen LogP contribution in [-0.2, 0) is 19.6 Å². The van der Waals surface area contributed by atoms with E-state index in [4.69, 9.17) is 4.74 Å². The molecule has 1 saturated heterocycles. The Bertz CT molecular complexity index is 1040. The number of amides is 1. The van der Waals surface area contributed by atoms with Gasteiger partial charge in [0.1, 0.15) is 5.82 Å². The van der Waals surface area contributed by atoms with E-state index in [2.05, 4.69) is 21.2 Å². The average Bonchev–Trinajstić information content (AvgIpc) is 3.24. The van der Waals surface area contributed by atoms with Crippen molar-refractivity contribution in [1.82, 2.24) is 4.31 Å².